The summed E-state index contributed by atoms with van der Waals surface area (Å²) in [5, 5.41) is 8.71. The van der Waals surface area contributed by atoms with Crippen LogP contribution in [0.15, 0.2) is 29.2 Å². The fraction of sp³-hybridized carbons (Fsp3) is 0.500. The van der Waals surface area contributed by atoms with Crippen molar-refractivity contribution in [2.24, 2.45) is 0 Å². The summed E-state index contributed by atoms with van der Waals surface area (Å²) in [7, 11) is -1.89. The lowest BCUT2D eigenvalue weighted by molar-refractivity contribution is 0.305. The number of hydrogen-bond acceptors (Lipinski definition) is 3. The van der Waals surface area contributed by atoms with E-state index in [1.54, 1.807) is 31.3 Å². The highest BCUT2D eigenvalue weighted by atomic mass is 32.2. The van der Waals surface area contributed by atoms with E-state index in [1.165, 1.54) is 4.31 Å². The Morgan fingerprint density at radius 2 is 2.10 bits per heavy atom. The number of nitrogens with zero attached hydrogens (tertiary/aromatic N) is 1. The van der Waals surface area contributed by atoms with E-state index in [4.69, 9.17) is 5.11 Å². The Labute approximate surface area is 127 Å². The van der Waals surface area contributed by atoms with Gasteiger partial charge >= 0.3 is 0 Å². The first-order valence-electron chi connectivity index (χ1n) is 7.11. The Balaban J connectivity index is 3.04. The van der Waals surface area contributed by atoms with Gasteiger partial charge in [-0.15, -0.1) is 0 Å². The third-order valence-electron chi connectivity index (χ3n) is 3.31. The van der Waals surface area contributed by atoms with Crippen LogP contribution >= 0.6 is 0 Å². The van der Waals surface area contributed by atoms with Crippen molar-refractivity contribution in [1.29, 1.82) is 0 Å². The first-order valence-corrected chi connectivity index (χ1v) is 8.55. The maximum Gasteiger partial charge on any atom is 0.243 e. The standard InChI is InChI=1S/C16H23NO3S/c1-4-8-14(2)17(3)21(19,20)16-11-7-10-15(13-16)9-5-6-12-18/h7,10-11,13-14,18H,4,6,8,12H2,1-3H3. The maximum absolute atomic E-state index is 12.6. The van der Waals surface area contributed by atoms with Gasteiger partial charge in [-0.2, -0.15) is 4.31 Å². The summed E-state index contributed by atoms with van der Waals surface area (Å²) in [4.78, 5) is 0.253. The van der Waals surface area contributed by atoms with Crippen LogP contribution in [0.3, 0.4) is 0 Å². The summed E-state index contributed by atoms with van der Waals surface area (Å²) >= 11 is 0. The number of benzene rings is 1. The summed E-state index contributed by atoms with van der Waals surface area (Å²) < 4.78 is 26.6. The highest BCUT2D eigenvalue weighted by molar-refractivity contribution is 7.89. The van der Waals surface area contributed by atoms with Crippen LogP contribution in [0, 0.1) is 11.8 Å². The van der Waals surface area contributed by atoms with Crippen molar-refractivity contribution in [3.63, 3.8) is 0 Å². The van der Waals surface area contributed by atoms with Crippen molar-refractivity contribution in [3.8, 4) is 11.8 Å². The van der Waals surface area contributed by atoms with Crippen molar-refractivity contribution >= 4 is 10.0 Å². The van der Waals surface area contributed by atoms with Gasteiger partial charge in [0.15, 0.2) is 0 Å². The number of hydrogen-bond donors (Lipinski definition) is 1. The minimum Gasteiger partial charge on any atom is -0.395 e. The van der Waals surface area contributed by atoms with E-state index in [1.807, 2.05) is 13.8 Å². The molecule has 0 fully saturated rings. The Kier molecular flexibility index (Phi) is 6.90. The number of rotatable bonds is 6. The summed E-state index contributed by atoms with van der Waals surface area (Å²) in [6, 6.07) is 6.58. The van der Waals surface area contributed by atoms with Crippen LogP contribution < -0.4 is 0 Å². The van der Waals surface area contributed by atoms with Crippen molar-refractivity contribution in [2.45, 2.75) is 44.0 Å². The molecule has 116 valence electrons. The largest absolute Gasteiger partial charge is 0.395 e. The molecule has 1 atom stereocenters. The van der Waals surface area contributed by atoms with Crippen LogP contribution in [0.2, 0.25) is 0 Å². The van der Waals surface area contributed by atoms with Crippen LogP contribution in [0.1, 0.15) is 38.7 Å². The molecule has 1 aromatic carbocycles. The molecule has 0 aliphatic rings. The second-order valence-electron chi connectivity index (χ2n) is 4.96. The van der Waals surface area contributed by atoms with E-state index >= 15 is 0 Å². The third-order valence-corrected chi connectivity index (χ3v) is 5.28. The molecule has 0 bridgehead atoms. The van der Waals surface area contributed by atoms with Gasteiger partial charge < -0.3 is 5.11 Å². The molecule has 21 heavy (non-hydrogen) atoms. The van der Waals surface area contributed by atoms with Gasteiger partial charge in [-0.05, 0) is 31.5 Å². The second kappa shape index (κ2) is 8.18. The lowest BCUT2D eigenvalue weighted by atomic mass is 10.2. The molecule has 0 aromatic heterocycles. The predicted molar refractivity (Wildman–Crippen MR) is 84.3 cm³/mol. The number of aliphatic hydroxyl groups is 1. The average Bonchev–Trinajstić information content (AvgIpc) is 2.47. The van der Waals surface area contributed by atoms with Crippen LogP contribution in [0.25, 0.3) is 0 Å². The summed E-state index contributed by atoms with van der Waals surface area (Å²) in [6.07, 6.45) is 2.14. The second-order valence-corrected chi connectivity index (χ2v) is 6.96. The summed E-state index contributed by atoms with van der Waals surface area (Å²) in [6.45, 7) is 3.95. The van der Waals surface area contributed by atoms with E-state index < -0.39 is 10.0 Å². The fourth-order valence-electron chi connectivity index (χ4n) is 1.96. The minimum atomic E-state index is -3.50. The summed E-state index contributed by atoms with van der Waals surface area (Å²) in [5.74, 6) is 5.65. The molecule has 0 aliphatic carbocycles. The van der Waals surface area contributed by atoms with Gasteiger partial charge in [-0.3, -0.25) is 0 Å². The Hall–Kier alpha value is -1.35. The van der Waals surface area contributed by atoms with Crippen LogP contribution in [0.5, 0.6) is 0 Å². The molecule has 5 heteroatoms. The van der Waals surface area contributed by atoms with Gasteiger partial charge in [0.1, 0.15) is 0 Å². The molecular weight excluding hydrogens is 286 g/mol. The summed E-state index contributed by atoms with van der Waals surface area (Å²) in [5.41, 5.74) is 0.640. The predicted octanol–water partition coefficient (Wildman–Crippen LogP) is 2.23. The first kappa shape index (κ1) is 17.7. The Morgan fingerprint density at radius 1 is 1.38 bits per heavy atom. The van der Waals surface area contributed by atoms with Gasteiger partial charge in [0.25, 0.3) is 0 Å². The van der Waals surface area contributed by atoms with E-state index in [0.29, 0.717) is 12.0 Å². The minimum absolute atomic E-state index is 0.00224. The van der Waals surface area contributed by atoms with Gasteiger partial charge in [-0.25, -0.2) is 8.42 Å². The van der Waals surface area contributed by atoms with Crippen molar-refractivity contribution in [2.75, 3.05) is 13.7 Å². The Bertz CT molecular complexity index is 614. The van der Waals surface area contributed by atoms with E-state index in [0.717, 1.165) is 12.8 Å². The van der Waals surface area contributed by atoms with Crippen LogP contribution in [-0.2, 0) is 10.0 Å². The van der Waals surface area contributed by atoms with E-state index in [2.05, 4.69) is 11.8 Å². The molecular formula is C16H23NO3S. The van der Waals surface area contributed by atoms with E-state index in [-0.39, 0.29) is 17.5 Å². The molecule has 0 spiro atoms. The maximum atomic E-state index is 12.6. The molecule has 4 nitrogen and oxygen atoms in total. The molecule has 1 rings (SSSR count). The number of sulfonamides is 1. The molecule has 0 saturated heterocycles. The molecule has 1 N–H and O–H groups in total. The van der Waals surface area contributed by atoms with Gasteiger partial charge in [-0.1, -0.05) is 31.3 Å². The van der Waals surface area contributed by atoms with Gasteiger partial charge in [0, 0.05) is 25.1 Å². The fourth-order valence-corrected chi connectivity index (χ4v) is 3.40. The molecule has 0 aliphatic heterocycles. The van der Waals surface area contributed by atoms with Crippen LogP contribution in [0.4, 0.5) is 0 Å². The van der Waals surface area contributed by atoms with Crippen LogP contribution in [-0.4, -0.2) is 37.5 Å². The van der Waals surface area contributed by atoms with Crippen molar-refractivity contribution < 1.29 is 13.5 Å². The van der Waals surface area contributed by atoms with E-state index in [9.17, 15) is 8.42 Å². The molecule has 0 amide bonds. The van der Waals surface area contributed by atoms with Gasteiger partial charge in [0.2, 0.25) is 10.0 Å². The normalized spacial score (nSPS) is 12.8. The molecule has 0 heterocycles. The van der Waals surface area contributed by atoms with Crippen molar-refractivity contribution in [3.05, 3.63) is 29.8 Å². The average molecular weight is 309 g/mol. The third kappa shape index (κ3) is 4.85. The SMILES string of the molecule is CCCC(C)N(C)S(=O)(=O)c1cccc(C#CCCO)c1. The Morgan fingerprint density at radius 3 is 2.71 bits per heavy atom. The monoisotopic (exact) mass is 309 g/mol. The lowest BCUT2D eigenvalue weighted by Crippen LogP contribution is -2.35. The topological polar surface area (TPSA) is 57.6 Å². The zero-order chi connectivity index (χ0) is 15.9. The molecule has 0 radical (unpaired) electrons. The highest BCUT2D eigenvalue weighted by Crippen LogP contribution is 2.19. The zero-order valence-corrected chi connectivity index (χ0v) is 13.7. The highest BCUT2D eigenvalue weighted by Gasteiger charge is 2.24. The molecule has 0 saturated carbocycles. The smallest absolute Gasteiger partial charge is 0.243 e. The van der Waals surface area contributed by atoms with Crippen molar-refractivity contribution in [1.82, 2.24) is 4.31 Å². The lowest BCUT2D eigenvalue weighted by Gasteiger charge is -2.24. The zero-order valence-electron chi connectivity index (χ0n) is 12.8. The first-order chi connectivity index (χ1) is 9.93. The molecule has 1 unspecified atom stereocenters. The quantitative estimate of drug-likeness (QED) is 0.820. The molecule has 1 aromatic rings. The van der Waals surface area contributed by atoms with Gasteiger partial charge in [0.05, 0.1) is 11.5 Å². The number of aliphatic hydroxyl groups excluding tert-OH is 1.